The Balaban J connectivity index is 2.27. The van der Waals surface area contributed by atoms with Crippen LogP contribution in [0.15, 0.2) is 41.0 Å². The first kappa shape index (κ1) is 16.6. The maximum absolute atomic E-state index is 11.6. The highest BCUT2D eigenvalue weighted by atomic mass is 79.9. The van der Waals surface area contributed by atoms with Gasteiger partial charge in [-0.25, -0.2) is 4.98 Å². The smallest absolute Gasteiger partial charge is 0.251 e. The number of amides is 1. The van der Waals surface area contributed by atoms with Gasteiger partial charge >= 0.3 is 0 Å². The molecule has 0 aliphatic rings. The van der Waals surface area contributed by atoms with Crippen LogP contribution in [0.5, 0.6) is 0 Å². The van der Waals surface area contributed by atoms with Crippen molar-refractivity contribution in [1.82, 2.24) is 4.98 Å². The lowest BCUT2D eigenvalue weighted by molar-refractivity contribution is -0.120. The van der Waals surface area contributed by atoms with Crippen LogP contribution in [0.4, 0.5) is 5.82 Å². The summed E-state index contributed by atoms with van der Waals surface area (Å²) in [6, 6.07) is 3.66. The summed E-state index contributed by atoms with van der Waals surface area (Å²) >= 11 is 3.39. The van der Waals surface area contributed by atoms with E-state index in [2.05, 4.69) is 32.8 Å². The summed E-state index contributed by atoms with van der Waals surface area (Å²) in [7, 11) is 0. The molecule has 0 saturated carbocycles. The first-order valence-corrected chi connectivity index (χ1v) is 7.10. The first-order chi connectivity index (χ1) is 9.52. The van der Waals surface area contributed by atoms with E-state index in [0.29, 0.717) is 12.4 Å². The standard InChI is InChI=1S/C15H19BrN2O2/c1-4-13(16)12(3)7-8-20-10-15(19)18-14-6-5-11(2)9-17-14/h4-6,9H,1,7-8,10H2,2-3H3,(H,17,18,19)/b13-12-. The molecule has 0 saturated heterocycles. The van der Waals surface area contributed by atoms with Crippen LogP contribution < -0.4 is 5.32 Å². The van der Waals surface area contributed by atoms with Gasteiger partial charge in [-0.05, 0) is 31.9 Å². The molecule has 1 aromatic rings. The molecule has 1 aromatic heterocycles. The van der Waals surface area contributed by atoms with Gasteiger partial charge in [-0.2, -0.15) is 0 Å². The third kappa shape index (κ3) is 6.12. The Morgan fingerprint density at radius 3 is 2.90 bits per heavy atom. The molecule has 108 valence electrons. The molecule has 1 rings (SSSR count). The van der Waals surface area contributed by atoms with Gasteiger partial charge in [0, 0.05) is 10.7 Å². The molecule has 1 N–H and O–H groups in total. The molecule has 0 aromatic carbocycles. The van der Waals surface area contributed by atoms with E-state index in [4.69, 9.17) is 4.74 Å². The van der Waals surface area contributed by atoms with Crippen molar-refractivity contribution in [3.05, 3.63) is 46.6 Å². The highest BCUT2D eigenvalue weighted by molar-refractivity contribution is 9.11. The van der Waals surface area contributed by atoms with Crippen molar-refractivity contribution in [2.75, 3.05) is 18.5 Å². The zero-order valence-corrected chi connectivity index (χ0v) is 13.4. The molecule has 0 unspecified atom stereocenters. The number of hydrogen-bond donors (Lipinski definition) is 1. The van der Waals surface area contributed by atoms with Crippen LogP contribution in [0.1, 0.15) is 18.9 Å². The number of carbonyl (C=O) groups is 1. The van der Waals surface area contributed by atoms with Crippen molar-refractivity contribution in [3.63, 3.8) is 0 Å². The van der Waals surface area contributed by atoms with E-state index in [1.54, 1.807) is 18.3 Å². The summed E-state index contributed by atoms with van der Waals surface area (Å²) < 4.78 is 6.29. The van der Waals surface area contributed by atoms with Gasteiger partial charge in [-0.1, -0.05) is 40.2 Å². The van der Waals surface area contributed by atoms with Gasteiger partial charge in [-0.15, -0.1) is 0 Å². The van der Waals surface area contributed by atoms with E-state index in [1.165, 1.54) is 0 Å². The minimum atomic E-state index is -0.203. The SMILES string of the molecule is C=C/C(Br)=C(\C)CCOCC(=O)Nc1ccc(C)cn1. The zero-order valence-electron chi connectivity index (χ0n) is 11.8. The number of nitrogens with zero attached hydrogens (tertiary/aromatic N) is 1. The van der Waals surface area contributed by atoms with Gasteiger partial charge in [0.15, 0.2) is 0 Å². The van der Waals surface area contributed by atoms with Crippen molar-refractivity contribution in [2.24, 2.45) is 0 Å². The minimum absolute atomic E-state index is 0.0224. The Bertz CT molecular complexity index is 495. The molecule has 5 heteroatoms. The van der Waals surface area contributed by atoms with Crippen LogP contribution in [0.3, 0.4) is 0 Å². The highest BCUT2D eigenvalue weighted by Gasteiger charge is 2.03. The van der Waals surface area contributed by atoms with Gasteiger partial charge in [-0.3, -0.25) is 4.79 Å². The van der Waals surface area contributed by atoms with Crippen molar-refractivity contribution in [1.29, 1.82) is 0 Å². The molecule has 0 atom stereocenters. The number of carbonyl (C=O) groups excluding carboxylic acids is 1. The number of halogens is 1. The molecule has 0 aliphatic carbocycles. The second kappa shape index (κ2) is 8.66. The fourth-order valence-electron chi connectivity index (χ4n) is 1.40. The third-order valence-corrected chi connectivity index (χ3v) is 3.62. The Hall–Kier alpha value is -1.46. The van der Waals surface area contributed by atoms with E-state index in [-0.39, 0.29) is 12.5 Å². The first-order valence-electron chi connectivity index (χ1n) is 6.31. The number of nitrogens with one attached hydrogen (secondary N) is 1. The number of allylic oxidation sites excluding steroid dienone is 2. The quantitative estimate of drug-likeness (QED) is 0.610. The second-order valence-corrected chi connectivity index (χ2v) is 5.26. The van der Waals surface area contributed by atoms with Crippen LogP contribution in [0.25, 0.3) is 0 Å². The molecule has 0 bridgehead atoms. The Morgan fingerprint density at radius 2 is 2.30 bits per heavy atom. The summed E-state index contributed by atoms with van der Waals surface area (Å²) in [4.78, 5) is 15.7. The zero-order chi connectivity index (χ0) is 15.0. The van der Waals surface area contributed by atoms with Crippen LogP contribution in [0, 0.1) is 6.92 Å². The average Bonchev–Trinajstić information content (AvgIpc) is 2.45. The number of pyridine rings is 1. The average molecular weight is 339 g/mol. The van der Waals surface area contributed by atoms with Crippen molar-refractivity contribution >= 4 is 27.7 Å². The maximum atomic E-state index is 11.6. The molecule has 4 nitrogen and oxygen atoms in total. The van der Waals surface area contributed by atoms with Crippen LogP contribution in [-0.4, -0.2) is 24.1 Å². The van der Waals surface area contributed by atoms with Gasteiger partial charge in [0.05, 0.1) is 6.61 Å². The summed E-state index contributed by atoms with van der Waals surface area (Å²) in [6.07, 6.45) is 4.20. The summed E-state index contributed by atoms with van der Waals surface area (Å²) in [5, 5.41) is 2.68. The molecular formula is C15H19BrN2O2. The van der Waals surface area contributed by atoms with Crippen molar-refractivity contribution < 1.29 is 9.53 Å². The number of rotatable bonds is 7. The Labute approximate surface area is 128 Å². The van der Waals surface area contributed by atoms with Gasteiger partial charge in [0.1, 0.15) is 12.4 Å². The lowest BCUT2D eigenvalue weighted by Crippen LogP contribution is -2.19. The number of aryl methyl sites for hydroxylation is 1. The van der Waals surface area contributed by atoms with E-state index < -0.39 is 0 Å². The largest absolute Gasteiger partial charge is 0.371 e. The van der Waals surface area contributed by atoms with Gasteiger partial charge in [0.2, 0.25) is 0 Å². The Morgan fingerprint density at radius 1 is 1.55 bits per heavy atom. The van der Waals surface area contributed by atoms with Crippen LogP contribution in [-0.2, 0) is 9.53 Å². The normalized spacial score (nSPS) is 11.8. The predicted molar refractivity (Wildman–Crippen MR) is 84.9 cm³/mol. The molecular weight excluding hydrogens is 320 g/mol. The van der Waals surface area contributed by atoms with Crippen LogP contribution >= 0.6 is 15.9 Å². The molecule has 1 amide bonds. The summed E-state index contributed by atoms with van der Waals surface area (Å²) in [5.41, 5.74) is 2.19. The number of hydrogen-bond acceptors (Lipinski definition) is 3. The fraction of sp³-hybridized carbons (Fsp3) is 0.333. The number of anilines is 1. The van der Waals surface area contributed by atoms with Crippen LogP contribution in [0.2, 0.25) is 0 Å². The molecule has 0 aliphatic heterocycles. The maximum Gasteiger partial charge on any atom is 0.251 e. The number of ether oxygens (including phenoxy) is 1. The lowest BCUT2D eigenvalue weighted by atomic mass is 10.2. The molecule has 0 radical (unpaired) electrons. The van der Waals surface area contributed by atoms with E-state index in [1.807, 2.05) is 19.9 Å². The van der Waals surface area contributed by atoms with Gasteiger partial charge < -0.3 is 10.1 Å². The van der Waals surface area contributed by atoms with E-state index in [9.17, 15) is 4.79 Å². The highest BCUT2D eigenvalue weighted by Crippen LogP contribution is 2.15. The predicted octanol–water partition coefficient (Wildman–Crippen LogP) is 3.59. The fourth-order valence-corrected chi connectivity index (χ4v) is 1.60. The monoisotopic (exact) mass is 338 g/mol. The van der Waals surface area contributed by atoms with E-state index >= 15 is 0 Å². The Kier molecular flexibility index (Phi) is 7.18. The summed E-state index contributed by atoms with van der Waals surface area (Å²) in [5.74, 6) is 0.334. The lowest BCUT2D eigenvalue weighted by Gasteiger charge is -2.07. The molecule has 20 heavy (non-hydrogen) atoms. The van der Waals surface area contributed by atoms with Crippen molar-refractivity contribution in [2.45, 2.75) is 20.3 Å². The molecule has 0 spiro atoms. The molecule has 1 heterocycles. The van der Waals surface area contributed by atoms with Crippen molar-refractivity contribution in [3.8, 4) is 0 Å². The van der Waals surface area contributed by atoms with E-state index in [0.717, 1.165) is 22.0 Å². The topological polar surface area (TPSA) is 51.2 Å². The minimum Gasteiger partial charge on any atom is -0.371 e. The van der Waals surface area contributed by atoms with Gasteiger partial charge in [0.25, 0.3) is 5.91 Å². The second-order valence-electron chi connectivity index (χ2n) is 4.40. The molecule has 0 fully saturated rings. The third-order valence-electron chi connectivity index (χ3n) is 2.62. The summed E-state index contributed by atoms with van der Waals surface area (Å²) in [6.45, 7) is 8.12. The number of aromatic nitrogens is 1.